The van der Waals surface area contributed by atoms with E-state index >= 15 is 0 Å². The zero-order chi connectivity index (χ0) is 5.70. The summed E-state index contributed by atoms with van der Waals surface area (Å²) in [6, 6.07) is 0. The number of hydrogen-bond donors (Lipinski definition) is 3. The smallest absolute Gasteiger partial charge is 0.150 e. The van der Waals surface area contributed by atoms with Gasteiger partial charge < -0.3 is 11.5 Å². The fourth-order valence-corrected chi connectivity index (χ4v) is 0.279. The van der Waals surface area contributed by atoms with E-state index in [0.29, 0.717) is 18.3 Å². The van der Waals surface area contributed by atoms with Gasteiger partial charge in [0.2, 0.25) is 0 Å². The molecule has 0 rings (SSSR count). The summed E-state index contributed by atoms with van der Waals surface area (Å²) in [5, 5.41) is 0.297. The van der Waals surface area contributed by atoms with Gasteiger partial charge in [0.25, 0.3) is 0 Å². The molecule has 0 aliphatic heterocycles. The van der Waals surface area contributed by atoms with Crippen LogP contribution in [0.2, 0.25) is 0 Å². The number of aliphatic imine (C=N–C) groups is 1. The van der Waals surface area contributed by atoms with E-state index in [4.69, 9.17) is 11.5 Å². The predicted molar refractivity (Wildman–Crippen MR) is 44.9 cm³/mol. The predicted octanol–water partition coefficient (Wildman–Crippen LogP) is -0.232. The number of thiol groups is 1. The highest BCUT2D eigenvalue weighted by Gasteiger charge is 1.74. The van der Waals surface area contributed by atoms with E-state index in [0.717, 1.165) is 0 Å². The lowest BCUT2D eigenvalue weighted by Crippen LogP contribution is -2.08. The van der Waals surface area contributed by atoms with Crippen molar-refractivity contribution in [1.29, 1.82) is 0 Å². The quantitative estimate of drug-likeness (QED) is 0.327. The first-order chi connectivity index (χ1) is 3.27. The second-order valence-electron chi connectivity index (χ2n) is 1.03. The summed E-state index contributed by atoms with van der Waals surface area (Å²) in [4.78, 5) is 3.68. The van der Waals surface area contributed by atoms with Crippen LogP contribution in [0.15, 0.2) is 4.99 Å². The third-order valence-electron chi connectivity index (χ3n) is 0.403. The standard InChI is InChI=1S/C3H9N3S.BrH/c4-1-2-6-3(5)7;/h1-2,4H2,(H3,5,6,7);1H. The van der Waals surface area contributed by atoms with Gasteiger partial charge in [-0.05, 0) is 0 Å². The van der Waals surface area contributed by atoms with E-state index in [-0.39, 0.29) is 17.0 Å². The number of nitrogens with two attached hydrogens (primary N) is 2. The van der Waals surface area contributed by atoms with Gasteiger partial charge in [0, 0.05) is 6.54 Å². The SMILES string of the molecule is Br.NCCN=C(N)S. The van der Waals surface area contributed by atoms with Crippen LogP contribution in [-0.4, -0.2) is 18.3 Å². The first-order valence-electron chi connectivity index (χ1n) is 1.96. The topological polar surface area (TPSA) is 64.4 Å². The molecule has 0 amide bonds. The molecule has 0 aliphatic rings. The summed E-state index contributed by atoms with van der Waals surface area (Å²) in [6.07, 6.45) is 0. The Morgan fingerprint density at radius 1 is 1.62 bits per heavy atom. The van der Waals surface area contributed by atoms with Crippen molar-refractivity contribution in [1.82, 2.24) is 0 Å². The zero-order valence-electron chi connectivity index (χ0n) is 4.37. The van der Waals surface area contributed by atoms with Gasteiger partial charge in [-0.1, -0.05) is 0 Å². The van der Waals surface area contributed by atoms with Gasteiger partial charge in [-0.15, -0.1) is 29.6 Å². The van der Waals surface area contributed by atoms with E-state index in [1.54, 1.807) is 0 Å². The fourth-order valence-electron chi connectivity index (χ4n) is 0.179. The molecular formula is C3H10BrN3S. The number of hydrogen-bond acceptors (Lipinski definition) is 2. The lowest BCUT2D eigenvalue weighted by atomic mass is 10.7. The summed E-state index contributed by atoms with van der Waals surface area (Å²) in [5.74, 6) is 0. The molecule has 0 spiro atoms. The van der Waals surface area contributed by atoms with E-state index in [1.807, 2.05) is 0 Å². The van der Waals surface area contributed by atoms with Crippen LogP contribution in [0.25, 0.3) is 0 Å². The minimum Gasteiger partial charge on any atom is -0.379 e. The van der Waals surface area contributed by atoms with Crippen molar-refractivity contribution in [3.05, 3.63) is 0 Å². The molecule has 4 N–H and O–H groups in total. The average Bonchev–Trinajstić information content (AvgIpc) is 1.61. The second-order valence-corrected chi connectivity index (χ2v) is 1.49. The number of rotatable bonds is 2. The lowest BCUT2D eigenvalue weighted by molar-refractivity contribution is 0.977. The molecule has 0 radical (unpaired) electrons. The van der Waals surface area contributed by atoms with Crippen molar-refractivity contribution < 1.29 is 0 Å². The third-order valence-corrected chi connectivity index (χ3v) is 0.544. The summed E-state index contributed by atoms with van der Waals surface area (Å²) in [5.41, 5.74) is 10.1. The Hall–Kier alpha value is 0.260. The Bertz CT molecular complexity index is 70.9. The number of nitrogens with zero attached hydrogens (tertiary/aromatic N) is 1. The zero-order valence-corrected chi connectivity index (χ0v) is 6.98. The molecule has 0 bridgehead atoms. The molecule has 50 valence electrons. The van der Waals surface area contributed by atoms with Gasteiger partial charge in [0.15, 0.2) is 5.17 Å². The van der Waals surface area contributed by atoms with Crippen LogP contribution in [0.3, 0.4) is 0 Å². The normalized spacial score (nSPS) is 10.5. The number of amidine groups is 1. The highest BCUT2D eigenvalue weighted by Crippen LogP contribution is 1.71. The van der Waals surface area contributed by atoms with Gasteiger partial charge >= 0.3 is 0 Å². The van der Waals surface area contributed by atoms with Crippen LogP contribution in [0.4, 0.5) is 0 Å². The summed E-state index contributed by atoms with van der Waals surface area (Å²) in [6.45, 7) is 1.09. The van der Waals surface area contributed by atoms with Crippen LogP contribution in [0, 0.1) is 0 Å². The molecule has 0 aromatic heterocycles. The Labute approximate surface area is 64.7 Å². The highest BCUT2D eigenvalue weighted by molar-refractivity contribution is 8.93. The molecule has 0 aromatic rings. The fraction of sp³-hybridized carbons (Fsp3) is 0.667. The third kappa shape index (κ3) is 9.54. The molecule has 0 fully saturated rings. The molecule has 5 heteroatoms. The summed E-state index contributed by atoms with van der Waals surface area (Å²) < 4.78 is 0. The van der Waals surface area contributed by atoms with Gasteiger partial charge in [-0.3, -0.25) is 4.99 Å². The van der Waals surface area contributed by atoms with Crippen LogP contribution in [-0.2, 0) is 0 Å². The Morgan fingerprint density at radius 3 is 2.25 bits per heavy atom. The minimum atomic E-state index is 0. The van der Waals surface area contributed by atoms with Gasteiger partial charge in [-0.25, -0.2) is 0 Å². The Morgan fingerprint density at radius 2 is 2.12 bits per heavy atom. The maximum absolute atomic E-state index is 5.08. The molecule has 0 saturated carbocycles. The second kappa shape index (κ2) is 7.26. The molecule has 0 aromatic carbocycles. The van der Waals surface area contributed by atoms with Crippen molar-refractivity contribution in [2.75, 3.05) is 13.1 Å². The van der Waals surface area contributed by atoms with Crippen molar-refractivity contribution in [2.24, 2.45) is 16.5 Å². The number of halogens is 1. The first kappa shape index (κ1) is 11.1. The van der Waals surface area contributed by atoms with Crippen LogP contribution in [0.1, 0.15) is 0 Å². The summed E-state index contributed by atoms with van der Waals surface area (Å²) >= 11 is 3.70. The molecule has 3 nitrogen and oxygen atoms in total. The lowest BCUT2D eigenvalue weighted by Gasteiger charge is -1.85. The molecule has 0 unspecified atom stereocenters. The van der Waals surface area contributed by atoms with Crippen LogP contribution >= 0.6 is 29.6 Å². The highest BCUT2D eigenvalue weighted by atomic mass is 79.9. The molecule has 0 atom stereocenters. The van der Waals surface area contributed by atoms with Gasteiger partial charge in [0.1, 0.15) is 0 Å². The van der Waals surface area contributed by atoms with Crippen molar-refractivity contribution in [2.45, 2.75) is 0 Å². The Kier molecular flexibility index (Phi) is 10.1. The van der Waals surface area contributed by atoms with E-state index in [9.17, 15) is 0 Å². The maximum Gasteiger partial charge on any atom is 0.150 e. The van der Waals surface area contributed by atoms with Gasteiger partial charge in [-0.2, -0.15) is 0 Å². The largest absolute Gasteiger partial charge is 0.379 e. The van der Waals surface area contributed by atoms with Crippen molar-refractivity contribution in [3.8, 4) is 0 Å². The average molecular weight is 200 g/mol. The van der Waals surface area contributed by atoms with E-state index in [1.165, 1.54) is 0 Å². The Balaban J connectivity index is 0. The van der Waals surface area contributed by atoms with Gasteiger partial charge in [0.05, 0.1) is 6.54 Å². The van der Waals surface area contributed by atoms with Crippen LogP contribution in [0.5, 0.6) is 0 Å². The molecule has 8 heavy (non-hydrogen) atoms. The van der Waals surface area contributed by atoms with Crippen molar-refractivity contribution >= 4 is 34.8 Å². The molecule has 0 aliphatic carbocycles. The first-order valence-corrected chi connectivity index (χ1v) is 2.41. The monoisotopic (exact) mass is 199 g/mol. The van der Waals surface area contributed by atoms with Crippen LogP contribution < -0.4 is 11.5 Å². The minimum absolute atomic E-state index is 0. The molecular weight excluding hydrogens is 190 g/mol. The van der Waals surface area contributed by atoms with Crippen molar-refractivity contribution in [3.63, 3.8) is 0 Å². The molecule has 0 heterocycles. The maximum atomic E-state index is 5.08. The molecule has 0 saturated heterocycles. The van der Waals surface area contributed by atoms with E-state index in [2.05, 4.69) is 17.6 Å². The summed E-state index contributed by atoms with van der Waals surface area (Å²) in [7, 11) is 0. The van der Waals surface area contributed by atoms with E-state index < -0.39 is 0 Å².